The van der Waals surface area contributed by atoms with Gasteiger partial charge in [-0.2, -0.15) is 0 Å². The number of aryl methyl sites for hydroxylation is 1. The Morgan fingerprint density at radius 1 is 1.45 bits per heavy atom. The number of amides is 1. The lowest BCUT2D eigenvalue weighted by molar-refractivity contribution is -0.384. The zero-order valence-corrected chi connectivity index (χ0v) is 10.5. The molecule has 0 saturated carbocycles. The van der Waals surface area contributed by atoms with E-state index < -0.39 is 16.6 Å². The lowest BCUT2D eigenvalue weighted by Gasteiger charge is -2.07. The van der Waals surface area contributed by atoms with E-state index in [0.717, 1.165) is 12.1 Å². The lowest BCUT2D eigenvalue weighted by atomic mass is 10.2. The number of nitro groups is 1. The van der Waals surface area contributed by atoms with Gasteiger partial charge in [-0.25, -0.2) is 4.39 Å². The summed E-state index contributed by atoms with van der Waals surface area (Å²) in [5.41, 5.74) is 5.53. The van der Waals surface area contributed by atoms with E-state index in [4.69, 9.17) is 5.73 Å². The molecule has 0 unspecified atom stereocenters. The third-order valence-electron chi connectivity index (χ3n) is 2.67. The minimum Gasteiger partial charge on any atom is -0.399 e. The van der Waals surface area contributed by atoms with Crippen LogP contribution >= 0.6 is 0 Å². The van der Waals surface area contributed by atoms with Gasteiger partial charge in [0.25, 0.3) is 11.6 Å². The summed E-state index contributed by atoms with van der Waals surface area (Å²) in [7, 11) is 1.48. The fraction of sp³-hybridized carbons (Fsp3) is 0.0833. The van der Waals surface area contributed by atoms with Gasteiger partial charge in [0, 0.05) is 18.8 Å². The number of nitrogens with two attached hydrogens (primary N) is 1. The number of hydrogen-bond donors (Lipinski definition) is 2. The molecule has 1 heterocycles. The van der Waals surface area contributed by atoms with Crippen LogP contribution in [-0.4, -0.2) is 15.4 Å². The van der Waals surface area contributed by atoms with Gasteiger partial charge in [-0.3, -0.25) is 14.9 Å². The first kappa shape index (κ1) is 13.5. The Bertz CT molecular complexity index is 696. The maximum atomic E-state index is 13.5. The number of halogens is 1. The third kappa shape index (κ3) is 2.58. The number of anilines is 2. The Hall–Kier alpha value is -2.90. The number of nitrogen functional groups attached to an aromatic ring is 1. The highest BCUT2D eigenvalue weighted by Gasteiger charge is 2.18. The zero-order valence-electron chi connectivity index (χ0n) is 10.5. The average Bonchev–Trinajstić information content (AvgIpc) is 2.76. The van der Waals surface area contributed by atoms with E-state index >= 15 is 0 Å². The summed E-state index contributed by atoms with van der Waals surface area (Å²) < 4.78 is 14.8. The minimum atomic E-state index is -0.662. The van der Waals surface area contributed by atoms with Gasteiger partial charge in [-0.1, -0.05) is 0 Å². The Labute approximate surface area is 113 Å². The van der Waals surface area contributed by atoms with Crippen molar-refractivity contribution < 1.29 is 14.1 Å². The van der Waals surface area contributed by atoms with Gasteiger partial charge >= 0.3 is 0 Å². The van der Waals surface area contributed by atoms with Gasteiger partial charge in [0.1, 0.15) is 11.5 Å². The molecule has 2 rings (SSSR count). The summed E-state index contributed by atoms with van der Waals surface area (Å²) in [6.45, 7) is 0. The highest BCUT2D eigenvalue weighted by atomic mass is 19.1. The molecule has 3 N–H and O–H groups in total. The fourth-order valence-corrected chi connectivity index (χ4v) is 1.70. The van der Waals surface area contributed by atoms with Crippen molar-refractivity contribution >= 4 is 23.0 Å². The van der Waals surface area contributed by atoms with Crippen molar-refractivity contribution in [1.29, 1.82) is 0 Å². The van der Waals surface area contributed by atoms with Crippen molar-refractivity contribution in [1.82, 2.24) is 4.57 Å². The number of benzene rings is 1. The normalized spacial score (nSPS) is 10.3. The van der Waals surface area contributed by atoms with Crippen LogP contribution in [-0.2, 0) is 7.05 Å². The molecule has 0 aliphatic heterocycles. The molecule has 0 aliphatic carbocycles. The molecule has 7 nitrogen and oxygen atoms in total. The number of carbonyl (C=O) groups excluding carboxylic acids is 1. The molecular weight excluding hydrogens is 267 g/mol. The maximum Gasteiger partial charge on any atom is 0.287 e. The molecule has 104 valence electrons. The van der Waals surface area contributed by atoms with E-state index in [9.17, 15) is 19.3 Å². The van der Waals surface area contributed by atoms with Crippen molar-refractivity contribution in [2.24, 2.45) is 7.05 Å². The molecule has 0 fully saturated rings. The smallest absolute Gasteiger partial charge is 0.287 e. The van der Waals surface area contributed by atoms with Crippen molar-refractivity contribution in [2.75, 3.05) is 11.1 Å². The Morgan fingerprint density at radius 3 is 2.75 bits per heavy atom. The summed E-state index contributed by atoms with van der Waals surface area (Å²) in [6, 6.07) is 4.86. The van der Waals surface area contributed by atoms with E-state index in [1.807, 2.05) is 0 Å². The predicted octanol–water partition coefficient (Wildman–Crippen LogP) is 1.91. The molecular formula is C12H11FN4O3. The Kier molecular flexibility index (Phi) is 3.38. The van der Waals surface area contributed by atoms with E-state index in [-0.39, 0.29) is 17.1 Å². The summed E-state index contributed by atoms with van der Waals surface area (Å²) in [4.78, 5) is 22.0. The first-order chi connectivity index (χ1) is 9.38. The number of rotatable bonds is 3. The molecule has 0 radical (unpaired) electrons. The molecule has 2 aromatic rings. The van der Waals surface area contributed by atoms with Crippen LogP contribution in [0.4, 0.5) is 21.5 Å². The molecule has 20 heavy (non-hydrogen) atoms. The molecule has 1 amide bonds. The molecule has 0 bridgehead atoms. The van der Waals surface area contributed by atoms with Crippen LogP contribution in [0.5, 0.6) is 0 Å². The summed E-state index contributed by atoms with van der Waals surface area (Å²) in [5.74, 6) is -1.30. The molecule has 8 heteroatoms. The van der Waals surface area contributed by atoms with Crippen LogP contribution in [0.2, 0.25) is 0 Å². The number of hydrogen-bond acceptors (Lipinski definition) is 4. The van der Waals surface area contributed by atoms with Crippen LogP contribution in [0.25, 0.3) is 0 Å². The summed E-state index contributed by atoms with van der Waals surface area (Å²) in [6.07, 6.45) is 1.20. The molecule has 1 aromatic carbocycles. The first-order valence-electron chi connectivity index (χ1n) is 5.55. The number of carbonyl (C=O) groups is 1. The van der Waals surface area contributed by atoms with Gasteiger partial charge in [0.05, 0.1) is 16.8 Å². The average molecular weight is 278 g/mol. The van der Waals surface area contributed by atoms with Gasteiger partial charge in [-0.05, 0) is 18.2 Å². The van der Waals surface area contributed by atoms with Crippen LogP contribution in [0.1, 0.15) is 10.5 Å². The highest BCUT2D eigenvalue weighted by molar-refractivity contribution is 6.03. The Morgan fingerprint density at radius 2 is 2.15 bits per heavy atom. The van der Waals surface area contributed by atoms with E-state index in [2.05, 4.69) is 5.32 Å². The van der Waals surface area contributed by atoms with Crippen molar-refractivity contribution in [2.45, 2.75) is 0 Å². The second-order valence-corrected chi connectivity index (χ2v) is 4.14. The monoisotopic (exact) mass is 278 g/mol. The van der Waals surface area contributed by atoms with Crippen LogP contribution < -0.4 is 11.1 Å². The molecule has 1 aromatic heterocycles. The highest BCUT2D eigenvalue weighted by Crippen LogP contribution is 2.20. The summed E-state index contributed by atoms with van der Waals surface area (Å²) in [5, 5.41) is 13.0. The molecule has 0 saturated heterocycles. The Balaban J connectivity index is 2.28. The number of nitrogens with one attached hydrogen (secondary N) is 1. The number of aromatic nitrogens is 1. The first-order valence-corrected chi connectivity index (χ1v) is 5.55. The van der Waals surface area contributed by atoms with Crippen LogP contribution in [0.15, 0.2) is 30.5 Å². The van der Waals surface area contributed by atoms with E-state index in [0.29, 0.717) is 5.69 Å². The number of nitrogens with zero attached hydrogens (tertiary/aromatic N) is 2. The maximum absolute atomic E-state index is 13.5. The van der Waals surface area contributed by atoms with Crippen LogP contribution in [0.3, 0.4) is 0 Å². The largest absolute Gasteiger partial charge is 0.399 e. The third-order valence-corrected chi connectivity index (χ3v) is 2.67. The van der Waals surface area contributed by atoms with E-state index in [1.165, 1.54) is 29.9 Å². The standard InChI is InChI=1S/C12H11FN4O3/c1-16-6-8(17(19)20)5-11(16)12(18)15-10-4-7(14)2-3-9(10)13/h2-6H,14H2,1H3,(H,15,18). The molecule has 0 atom stereocenters. The fourth-order valence-electron chi connectivity index (χ4n) is 1.70. The molecule has 0 spiro atoms. The lowest BCUT2D eigenvalue weighted by Crippen LogP contribution is -2.16. The van der Waals surface area contributed by atoms with E-state index in [1.54, 1.807) is 0 Å². The van der Waals surface area contributed by atoms with Gasteiger partial charge in [0.15, 0.2) is 0 Å². The van der Waals surface area contributed by atoms with Gasteiger partial charge in [-0.15, -0.1) is 0 Å². The summed E-state index contributed by atoms with van der Waals surface area (Å²) >= 11 is 0. The minimum absolute atomic E-state index is 0.0403. The molecule has 0 aliphatic rings. The van der Waals surface area contributed by atoms with Gasteiger partial charge in [0.2, 0.25) is 0 Å². The van der Waals surface area contributed by atoms with Crippen molar-refractivity contribution in [3.8, 4) is 0 Å². The zero-order chi connectivity index (χ0) is 14.9. The second-order valence-electron chi connectivity index (χ2n) is 4.14. The quantitative estimate of drug-likeness (QED) is 0.508. The predicted molar refractivity (Wildman–Crippen MR) is 70.8 cm³/mol. The van der Waals surface area contributed by atoms with Crippen molar-refractivity contribution in [3.63, 3.8) is 0 Å². The van der Waals surface area contributed by atoms with Crippen LogP contribution in [0, 0.1) is 15.9 Å². The van der Waals surface area contributed by atoms with Gasteiger partial charge < -0.3 is 15.6 Å². The van der Waals surface area contributed by atoms with Crippen molar-refractivity contribution in [3.05, 3.63) is 52.1 Å². The SMILES string of the molecule is Cn1cc([N+](=O)[O-])cc1C(=O)Nc1cc(N)ccc1F. The second kappa shape index (κ2) is 5.00. The topological polar surface area (TPSA) is 103 Å².